The highest BCUT2D eigenvalue weighted by Crippen LogP contribution is 2.27. The number of aliphatic imine (C=N–C) groups is 1. The summed E-state index contributed by atoms with van der Waals surface area (Å²) >= 11 is 1.62. The van der Waals surface area contributed by atoms with Crippen LogP contribution in [0, 0.1) is 0 Å². The second-order valence-corrected chi connectivity index (χ2v) is 4.69. The van der Waals surface area contributed by atoms with Gasteiger partial charge in [-0.1, -0.05) is 11.8 Å². The Labute approximate surface area is 92.8 Å². The Morgan fingerprint density at radius 3 is 3.13 bits per heavy atom. The van der Waals surface area contributed by atoms with Crippen LogP contribution < -0.4 is 5.32 Å². The summed E-state index contributed by atoms with van der Waals surface area (Å²) in [6.45, 7) is 2.02. The van der Waals surface area contributed by atoms with E-state index in [1.807, 2.05) is 19.1 Å². The lowest BCUT2D eigenvalue weighted by Crippen LogP contribution is -2.26. The van der Waals surface area contributed by atoms with Crippen molar-refractivity contribution in [3.8, 4) is 0 Å². The second kappa shape index (κ2) is 4.20. The maximum atomic E-state index is 9.15. The van der Waals surface area contributed by atoms with Crippen LogP contribution in [0.3, 0.4) is 0 Å². The highest BCUT2D eigenvalue weighted by atomic mass is 32.2. The lowest BCUT2D eigenvalue weighted by atomic mass is 10.1. The quantitative estimate of drug-likeness (QED) is 0.794. The number of hydrogen-bond acceptors (Lipinski definition) is 5. The minimum atomic E-state index is -0.338. The molecule has 0 spiro atoms. The molecule has 1 aliphatic rings. The van der Waals surface area contributed by atoms with Crippen molar-refractivity contribution in [2.24, 2.45) is 4.99 Å². The molecule has 1 aromatic rings. The topological polar surface area (TPSA) is 57.5 Å². The number of aromatic nitrogens is 1. The van der Waals surface area contributed by atoms with Crippen LogP contribution in [0.5, 0.6) is 0 Å². The lowest BCUT2D eigenvalue weighted by Gasteiger charge is -2.14. The Morgan fingerprint density at radius 1 is 1.67 bits per heavy atom. The van der Waals surface area contributed by atoms with Gasteiger partial charge in [0, 0.05) is 11.9 Å². The van der Waals surface area contributed by atoms with Gasteiger partial charge in [-0.05, 0) is 19.1 Å². The summed E-state index contributed by atoms with van der Waals surface area (Å²) in [4.78, 5) is 8.43. The minimum Gasteiger partial charge on any atom is -0.394 e. The van der Waals surface area contributed by atoms with E-state index < -0.39 is 0 Å². The van der Waals surface area contributed by atoms with Crippen molar-refractivity contribution in [3.63, 3.8) is 0 Å². The molecule has 0 amide bonds. The van der Waals surface area contributed by atoms with Crippen molar-refractivity contribution in [2.45, 2.75) is 12.5 Å². The van der Waals surface area contributed by atoms with E-state index in [4.69, 9.17) is 5.11 Å². The minimum absolute atomic E-state index is 0.0816. The standard InChI is InChI=1S/C10H13N3OS/c1-10(6-14)7-15-9(13-10)12-8-3-2-4-11-5-8/h2-5,14H,6-7H2,1H3,(H,12,13). The number of nitrogens with zero attached hydrogens (tertiary/aromatic N) is 2. The van der Waals surface area contributed by atoms with E-state index in [1.165, 1.54) is 0 Å². The van der Waals surface area contributed by atoms with Gasteiger partial charge >= 0.3 is 0 Å². The van der Waals surface area contributed by atoms with Crippen LogP contribution in [0.25, 0.3) is 0 Å². The van der Waals surface area contributed by atoms with Crippen molar-refractivity contribution in [3.05, 3.63) is 24.5 Å². The van der Waals surface area contributed by atoms with Gasteiger partial charge < -0.3 is 10.4 Å². The number of pyridine rings is 1. The highest BCUT2D eigenvalue weighted by molar-refractivity contribution is 8.14. The summed E-state index contributed by atoms with van der Waals surface area (Å²) in [5.74, 6) is 0.812. The molecule has 1 unspecified atom stereocenters. The number of amidine groups is 1. The van der Waals surface area contributed by atoms with Crippen LogP contribution in [-0.4, -0.2) is 33.2 Å². The first-order valence-electron chi connectivity index (χ1n) is 4.72. The third-order valence-electron chi connectivity index (χ3n) is 2.14. The molecule has 80 valence electrons. The summed E-state index contributed by atoms with van der Waals surface area (Å²) in [5, 5.41) is 13.2. The van der Waals surface area contributed by atoms with Crippen LogP contribution in [0.15, 0.2) is 29.5 Å². The first-order chi connectivity index (χ1) is 7.22. The van der Waals surface area contributed by atoms with E-state index >= 15 is 0 Å². The number of hydrogen-bond donors (Lipinski definition) is 2. The van der Waals surface area contributed by atoms with E-state index in [9.17, 15) is 0 Å². The average Bonchev–Trinajstić information content (AvgIpc) is 2.63. The maximum Gasteiger partial charge on any atom is 0.161 e. The first kappa shape index (κ1) is 10.4. The molecule has 0 saturated heterocycles. The average molecular weight is 223 g/mol. The van der Waals surface area contributed by atoms with E-state index in [2.05, 4.69) is 15.3 Å². The number of rotatable bonds is 2. The molecule has 4 nitrogen and oxygen atoms in total. The van der Waals surface area contributed by atoms with Crippen molar-refractivity contribution in [1.29, 1.82) is 0 Å². The molecule has 15 heavy (non-hydrogen) atoms. The van der Waals surface area contributed by atoms with Crippen LogP contribution in [0.2, 0.25) is 0 Å². The SMILES string of the molecule is CC1(CO)CSC(Nc2cccnc2)=N1. The Balaban J connectivity index is 2.06. The van der Waals surface area contributed by atoms with E-state index in [-0.39, 0.29) is 12.1 Å². The van der Waals surface area contributed by atoms with Gasteiger partial charge in [-0.3, -0.25) is 9.98 Å². The molecule has 1 aliphatic heterocycles. The van der Waals surface area contributed by atoms with Gasteiger partial charge in [0.15, 0.2) is 5.17 Å². The summed E-state index contributed by atoms with van der Waals surface area (Å²) in [5.41, 5.74) is 0.584. The fraction of sp³-hybridized carbons (Fsp3) is 0.400. The third kappa shape index (κ3) is 2.49. The molecular weight excluding hydrogens is 210 g/mol. The van der Waals surface area contributed by atoms with E-state index in [0.29, 0.717) is 0 Å². The molecule has 2 rings (SSSR count). The molecular formula is C10H13N3OS. The van der Waals surface area contributed by atoms with Crippen LogP contribution in [0.4, 0.5) is 5.69 Å². The fourth-order valence-electron chi connectivity index (χ4n) is 1.24. The Morgan fingerprint density at radius 2 is 2.53 bits per heavy atom. The third-order valence-corrected chi connectivity index (χ3v) is 3.38. The van der Waals surface area contributed by atoms with Crippen molar-refractivity contribution < 1.29 is 5.11 Å². The largest absolute Gasteiger partial charge is 0.394 e. The number of anilines is 1. The zero-order valence-corrected chi connectivity index (χ0v) is 9.29. The fourth-order valence-corrected chi connectivity index (χ4v) is 2.32. The van der Waals surface area contributed by atoms with E-state index in [1.54, 1.807) is 24.2 Å². The molecule has 0 bridgehead atoms. The van der Waals surface area contributed by atoms with Crippen LogP contribution >= 0.6 is 11.8 Å². The highest BCUT2D eigenvalue weighted by Gasteiger charge is 2.29. The van der Waals surface area contributed by atoms with Gasteiger partial charge in [0.1, 0.15) is 0 Å². The number of aliphatic hydroxyl groups is 1. The normalized spacial score (nSPS) is 25.1. The Bertz CT molecular complexity index is 368. The molecule has 1 atom stereocenters. The summed E-state index contributed by atoms with van der Waals surface area (Å²) in [7, 11) is 0. The van der Waals surface area contributed by atoms with Crippen molar-refractivity contribution in [2.75, 3.05) is 17.7 Å². The zero-order valence-electron chi connectivity index (χ0n) is 8.47. The van der Waals surface area contributed by atoms with Gasteiger partial charge in [-0.25, -0.2) is 0 Å². The number of nitrogens with one attached hydrogen (secondary N) is 1. The second-order valence-electron chi connectivity index (χ2n) is 3.73. The van der Waals surface area contributed by atoms with Gasteiger partial charge in [-0.2, -0.15) is 0 Å². The Kier molecular flexibility index (Phi) is 2.93. The monoisotopic (exact) mass is 223 g/mol. The molecule has 0 fully saturated rings. The zero-order chi connectivity index (χ0) is 10.7. The van der Waals surface area contributed by atoms with Gasteiger partial charge in [0.25, 0.3) is 0 Å². The maximum absolute atomic E-state index is 9.15. The molecule has 2 N–H and O–H groups in total. The van der Waals surface area contributed by atoms with E-state index in [0.717, 1.165) is 16.6 Å². The molecule has 0 saturated carbocycles. The Hall–Kier alpha value is -1.07. The summed E-state index contributed by atoms with van der Waals surface area (Å²) in [6.07, 6.45) is 3.48. The van der Waals surface area contributed by atoms with Gasteiger partial charge in [0.2, 0.25) is 0 Å². The predicted molar refractivity (Wildman–Crippen MR) is 63.2 cm³/mol. The molecule has 0 aromatic carbocycles. The van der Waals surface area contributed by atoms with Gasteiger partial charge in [-0.15, -0.1) is 0 Å². The predicted octanol–water partition coefficient (Wildman–Crippen LogP) is 1.35. The smallest absolute Gasteiger partial charge is 0.161 e. The first-order valence-corrected chi connectivity index (χ1v) is 5.71. The summed E-state index contributed by atoms with van der Waals surface area (Å²) < 4.78 is 0. The molecule has 5 heteroatoms. The van der Waals surface area contributed by atoms with Crippen molar-refractivity contribution >= 4 is 22.6 Å². The van der Waals surface area contributed by atoms with Crippen LogP contribution in [-0.2, 0) is 0 Å². The number of aliphatic hydroxyl groups excluding tert-OH is 1. The summed E-state index contributed by atoms with van der Waals surface area (Å²) in [6, 6.07) is 3.80. The number of thioether (sulfide) groups is 1. The molecule has 1 aromatic heterocycles. The van der Waals surface area contributed by atoms with Crippen LogP contribution in [0.1, 0.15) is 6.92 Å². The molecule has 0 aliphatic carbocycles. The lowest BCUT2D eigenvalue weighted by molar-refractivity contribution is 0.227. The molecule has 0 radical (unpaired) electrons. The molecule has 2 heterocycles. The van der Waals surface area contributed by atoms with Crippen molar-refractivity contribution in [1.82, 2.24) is 4.98 Å². The van der Waals surface area contributed by atoms with Gasteiger partial charge in [0.05, 0.1) is 24.0 Å².